The van der Waals surface area contributed by atoms with Gasteiger partial charge in [0.25, 0.3) is 0 Å². The Morgan fingerprint density at radius 1 is 1.08 bits per heavy atom. The summed E-state index contributed by atoms with van der Waals surface area (Å²) in [5, 5.41) is 0.880. The summed E-state index contributed by atoms with van der Waals surface area (Å²) >= 11 is 1.48. The van der Waals surface area contributed by atoms with Gasteiger partial charge in [0.1, 0.15) is 0 Å². The predicted molar refractivity (Wildman–Crippen MR) is 106 cm³/mol. The highest BCUT2D eigenvalue weighted by Crippen LogP contribution is 2.28. The number of benzene rings is 2. The van der Waals surface area contributed by atoms with Gasteiger partial charge >= 0.3 is 0 Å². The lowest BCUT2D eigenvalue weighted by Gasteiger charge is -2.29. The number of aromatic nitrogens is 2. The number of rotatable bonds is 7. The van der Waals surface area contributed by atoms with Gasteiger partial charge in [-0.3, -0.25) is 4.79 Å². The van der Waals surface area contributed by atoms with Crippen molar-refractivity contribution in [3.05, 3.63) is 84.2 Å². The Kier molecular flexibility index (Phi) is 6.12. The molecule has 5 heteroatoms. The molecule has 0 saturated heterocycles. The lowest BCUT2D eigenvalue weighted by molar-refractivity contribution is -0.128. The monoisotopic (exact) mass is 365 g/mol. The Morgan fingerprint density at radius 3 is 2.19 bits per heavy atom. The molecule has 0 saturated carbocycles. The van der Waals surface area contributed by atoms with Crippen molar-refractivity contribution in [2.45, 2.75) is 24.7 Å². The molecule has 0 fully saturated rings. The summed E-state index contributed by atoms with van der Waals surface area (Å²) < 4.78 is 2.05. The third kappa shape index (κ3) is 4.17. The standard InChI is InChI=1S/C21H23N3OS/c1-3-24-15-14-22-21(24)26-16-19(25)23(2)20(17-10-6-4-7-11-17)18-12-8-5-9-13-18/h4-15,20H,3,16H2,1-2H3. The van der Waals surface area contributed by atoms with Crippen LogP contribution >= 0.6 is 11.8 Å². The highest BCUT2D eigenvalue weighted by atomic mass is 32.2. The summed E-state index contributed by atoms with van der Waals surface area (Å²) in [6.07, 6.45) is 3.71. The molecular formula is C21H23N3OS. The molecule has 3 aromatic rings. The minimum atomic E-state index is -0.101. The van der Waals surface area contributed by atoms with E-state index >= 15 is 0 Å². The van der Waals surface area contributed by atoms with Gasteiger partial charge in [-0.1, -0.05) is 72.4 Å². The Balaban J connectivity index is 1.79. The topological polar surface area (TPSA) is 38.1 Å². The molecule has 4 nitrogen and oxygen atoms in total. The second kappa shape index (κ2) is 8.72. The molecule has 1 heterocycles. The lowest BCUT2D eigenvalue weighted by Crippen LogP contribution is -2.33. The van der Waals surface area contributed by atoms with E-state index in [1.807, 2.05) is 59.1 Å². The number of imidazole rings is 1. The lowest BCUT2D eigenvalue weighted by atomic mass is 9.97. The van der Waals surface area contributed by atoms with Crippen LogP contribution in [0.15, 0.2) is 78.2 Å². The molecule has 0 bridgehead atoms. The van der Waals surface area contributed by atoms with Gasteiger partial charge in [0, 0.05) is 26.0 Å². The number of nitrogens with zero attached hydrogens (tertiary/aromatic N) is 3. The minimum Gasteiger partial charge on any atom is -0.334 e. The average molecular weight is 366 g/mol. The molecule has 0 spiro atoms. The quantitative estimate of drug-likeness (QED) is 0.588. The van der Waals surface area contributed by atoms with Gasteiger partial charge in [-0.15, -0.1) is 0 Å². The Labute approximate surface area is 158 Å². The van der Waals surface area contributed by atoms with Crippen molar-refractivity contribution >= 4 is 17.7 Å². The Morgan fingerprint density at radius 2 is 1.65 bits per heavy atom. The normalized spacial score (nSPS) is 10.9. The van der Waals surface area contributed by atoms with Crippen LogP contribution in [-0.2, 0) is 11.3 Å². The smallest absolute Gasteiger partial charge is 0.233 e. The van der Waals surface area contributed by atoms with Crippen molar-refractivity contribution in [3.63, 3.8) is 0 Å². The van der Waals surface area contributed by atoms with Crippen LogP contribution in [0.4, 0.5) is 0 Å². The van der Waals surface area contributed by atoms with Gasteiger partial charge in [-0.05, 0) is 18.1 Å². The zero-order valence-electron chi connectivity index (χ0n) is 15.1. The molecule has 0 aliphatic rings. The van der Waals surface area contributed by atoms with Crippen molar-refractivity contribution < 1.29 is 4.79 Å². The van der Waals surface area contributed by atoms with E-state index < -0.39 is 0 Å². The third-order valence-corrected chi connectivity index (χ3v) is 5.34. The molecule has 0 aliphatic carbocycles. The van der Waals surface area contributed by atoms with E-state index in [0.29, 0.717) is 5.75 Å². The molecule has 0 unspecified atom stereocenters. The maximum Gasteiger partial charge on any atom is 0.233 e. The molecule has 0 atom stereocenters. The van der Waals surface area contributed by atoms with Crippen molar-refractivity contribution in [1.82, 2.24) is 14.5 Å². The second-order valence-corrected chi connectivity index (χ2v) is 6.96. The Bertz CT molecular complexity index is 793. The summed E-state index contributed by atoms with van der Waals surface area (Å²) in [6.45, 7) is 2.92. The van der Waals surface area contributed by atoms with E-state index in [4.69, 9.17) is 0 Å². The maximum absolute atomic E-state index is 12.9. The van der Waals surface area contributed by atoms with Crippen LogP contribution in [0.2, 0.25) is 0 Å². The van der Waals surface area contributed by atoms with Crippen LogP contribution in [0.3, 0.4) is 0 Å². The van der Waals surface area contributed by atoms with Gasteiger partial charge in [0.15, 0.2) is 5.16 Å². The van der Waals surface area contributed by atoms with Crippen molar-refractivity contribution in [1.29, 1.82) is 0 Å². The summed E-state index contributed by atoms with van der Waals surface area (Å²) in [4.78, 5) is 19.1. The summed E-state index contributed by atoms with van der Waals surface area (Å²) in [5.74, 6) is 0.447. The number of thioether (sulfide) groups is 1. The SMILES string of the molecule is CCn1ccnc1SCC(=O)N(C)C(c1ccccc1)c1ccccc1. The summed E-state index contributed by atoms with van der Waals surface area (Å²) in [5.41, 5.74) is 2.21. The fraction of sp³-hybridized carbons (Fsp3) is 0.238. The molecule has 3 rings (SSSR count). The summed E-state index contributed by atoms with van der Waals surface area (Å²) in [6, 6.07) is 20.2. The molecule has 1 amide bonds. The minimum absolute atomic E-state index is 0.0818. The van der Waals surface area contributed by atoms with Gasteiger partial charge < -0.3 is 9.47 Å². The fourth-order valence-electron chi connectivity index (χ4n) is 2.96. The zero-order valence-corrected chi connectivity index (χ0v) is 15.9. The molecule has 26 heavy (non-hydrogen) atoms. The first kappa shape index (κ1) is 18.3. The molecular weight excluding hydrogens is 342 g/mol. The van der Waals surface area contributed by atoms with Crippen molar-refractivity contribution in [2.75, 3.05) is 12.8 Å². The second-order valence-electron chi connectivity index (χ2n) is 6.01. The van der Waals surface area contributed by atoms with Crippen LogP contribution in [-0.4, -0.2) is 33.2 Å². The van der Waals surface area contributed by atoms with E-state index in [1.54, 1.807) is 6.20 Å². The first-order chi connectivity index (χ1) is 12.7. The average Bonchev–Trinajstić information content (AvgIpc) is 3.15. The molecule has 1 aromatic heterocycles. The van der Waals surface area contributed by atoms with Crippen LogP contribution in [0.1, 0.15) is 24.1 Å². The molecule has 0 radical (unpaired) electrons. The van der Waals surface area contributed by atoms with Crippen LogP contribution in [0.5, 0.6) is 0 Å². The van der Waals surface area contributed by atoms with Crippen molar-refractivity contribution in [2.24, 2.45) is 0 Å². The molecule has 2 aromatic carbocycles. The molecule has 0 N–H and O–H groups in total. The number of carbonyl (C=O) groups excluding carboxylic acids is 1. The largest absolute Gasteiger partial charge is 0.334 e. The van der Waals surface area contributed by atoms with Crippen LogP contribution in [0, 0.1) is 0 Å². The maximum atomic E-state index is 12.9. The van der Waals surface area contributed by atoms with E-state index in [2.05, 4.69) is 36.2 Å². The number of aryl methyl sites for hydroxylation is 1. The number of carbonyl (C=O) groups is 1. The third-order valence-electron chi connectivity index (χ3n) is 4.35. The van der Waals surface area contributed by atoms with Gasteiger partial charge in [0.05, 0.1) is 11.8 Å². The Hall–Kier alpha value is -2.53. The highest BCUT2D eigenvalue weighted by Gasteiger charge is 2.23. The number of amides is 1. The van der Waals surface area contributed by atoms with E-state index in [1.165, 1.54) is 11.8 Å². The van der Waals surface area contributed by atoms with E-state index in [-0.39, 0.29) is 11.9 Å². The van der Waals surface area contributed by atoms with Crippen LogP contribution in [0.25, 0.3) is 0 Å². The predicted octanol–water partition coefficient (Wildman–Crippen LogP) is 4.24. The van der Waals surface area contributed by atoms with Gasteiger partial charge in [-0.25, -0.2) is 4.98 Å². The van der Waals surface area contributed by atoms with Crippen molar-refractivity contribution in [3.8, 4) is 0 Å². The zero-order chi connectivity index (χ0) is 18.4. The van der Waals surface area contributed by atoms with Crippen LogP contribution < -0.4 is 0 Å². The highest BCUT2D eigenvalue weighted by molar-refractivity contribution is 7.99. The molecule has 134 valence electrons. The first-order valence-electron chi connectivity index (χ1n) is 8.70. The molecule has 0 aliphatic heterocycles. The van der Waals surface area contributed by atoms with Gasteiger partial charge in [0.2, 0.25) is 5.91 Å². The number of hydrogen-bond donors (Lipinski definition) is 0. The first-order valence-corrected chi connectivity index (χ1v) is 9.68. The number of hydrogen-bond acceptors (Lipinski definition) is 3. The van der Waals surface area contributed by atoms with E-state index in [0.717, 1.165) is 22.8 Å². The fourth-order valence-corrected chi connectivity index (χ4v) is 3.91. The van der Waals surface area contributed by atoms with E-state index in [9.17, 15) is 4.79 Å². The van der Waals surface area contributed by atoms with Gasteiger partial charge in [-0.2, -0.15) is 0 Å². The summed E-state index contributed by atoms with van der Waals surface area (Å²) in [7, 11) is 1.87.